The van der Waals surface area contributed by atoms with Crippen molar-refractivity contribution >= 4 is 0 Å². The normalized spacial score (nSPS) is 11.2. The molecule has 0 aliphatic carbocycles. The van der Waals surface area contributed by atoms with E-state index in [2.05, 4.69) is 0 Å². The van der Waals surface area contributed by atoms with Crippen molar-refractivity contribution in [1.82, 2.24) is 0 Å². The standard InChI is InChI=1S/5C4H10O.C4H9O.Li.Nb/c6*1-4(2,3)5;;/h5*5H,1-3H3;1-3H3;;/q;;;;;-1;+1;. The predicted molar refractivity (Wildman–Crippen MR) is 130 cm³/mol. The van der Waals surface area contributed by atoms with Gasteiger partial charge in [-0.1, -0.05) is 20.8 Å². The molecule has 0 amide bonds. The summed E-state index contributed by atoms with van der Waals surface area (Å²) < 4.78 is 0. The van der Waals surface area contributed by atoms with E-state index in [1.807, 2.05) is 0 Å². The zero-order chi connectivity index (χ0) is 27.0. The Bertz CT molecular complexity index is 221. The van der Waals surface area contributed by atoms with Gasteiger partial charge >= 0.3 is 18.9 Å². The van der Waals surface area contributed by atoms with Crippen LogP contribution in [-0.4, -0.2) is 59.1 Å². The van der Waals surface area contributed by atoms with Crippen molar-refractivity contribution in [3.8, 4) is 0 Å². The van der Waals surface area contributed by atoms with Gasteiger partial charge in [0.25, 0.3) is 0 Å². The van der Waals surface area contributed by atoms with Crippen LogP contribution in [0.25, 0.3) is 0 Å². The van der Waals surface area contributed by atoms with Crippen molar-refractivity contribution in [2.45, 2.75) is 158 Å². The molecule has 0 bridgehead atoms. The van der Waals surface area contributed by atoms with Gasteiger partial charge in [0.15, 0.2) is 0 Å². The van der Waals surface area contributed by atoms with Gasteiger partial charge in [-0.3, -0.25) is 0 Å². The van der Waals surface area contributed by atoms with E-state index in [1.54, 1.807) is 125 Å². The molecule has 0 aromatic carbocycles. The van der Waals surface area contributed by atoms with Gasteiger partial charge in [-0.2, -0.15) is 0 Å². The number of hydrogen-bond acceptors (Lipinski definition) is 6. The van der Waals surface area contributed by atoms with Crippen LogP contribution in [0.4, 0.5) is 0 Å². The Balaban J connectivity index is -0.0000000356. The van der Waals surface area contributed by atoms with Gasteiger partial charge in [0.05, 0.1) is 28.0 Å². The summed E-state index contributed by atoms with van der Waals surface area (Å²) in [6, 6.07) is 0. The van der Waals surface area contributed by atoms with Crippen LogP contribution >= 0.6 is 0 Å². The summed E-state index contributed by atoms with van der Waals surface area (Å²) in [5, 5.41) is 52.7. The molecule has 32 heavy (non-hydrogen) atoms. The van der Waals surface area contributed by atoms with Gasteiger partial charge in [0.1, 0.15) is 0 Å². The second kappa shape index (κ2) is 22.6. The molecule has 0 atom stereocenters. The minimum absolute atomic E-state index is 0. The number of hydrogen-bond donors (Lipinski definition) is 5. The Morgan fingerprint density at radius 2 is 0.344 bits per heavy atom. The van der Waals surface area contributed by atoms with Crippen molar-refractivity contribution in [2.24, 2.45) is 0 Å². The van der Waals surface area contributed by atoms with E-state index in [9.17, 15) is 5.11 Å². The molecule has 0 saturated carbocycles. The topological polar surface area (TPSA) is 124 Å². The smallest absolute Gasteiger partial charge is 0.850 e. The maximum absolute atomic E-state index is 10.1. The van der Waals surface area contributed by atoms with Crippen molar-refractivity contribution in [3.63, 3.8) is 0 Å². The largest absolute Gasteiger partial charge is 1.00 e. The third-order valence-corrected chi connectivity index (χ3v) is 0. The van der Waals surface area contributed by atoms with Crippen LogP contribution in [-0.2, 0) is 22.4 Å². The molecule has 0 aromatic rings. The monoisotopic (exact) mass is 543 g/mol. The molecule has 0 rings (SSSR count). The number of rotatable bonds is 0. The van der Waals surface area contributed by atoms with Gasteiger partial charge in [-0.05, 0) is 104 Å². The molecule has 0 spiro atoms. The minimum atomic E-state index is -0.750. The average Bonchev–Trinajstić information content (AvgIpc) is 1.94. The van der Waals surface area contributed by atoms with Gasteiger partial charge in [-0.25, -0.2) is 0 Å². The van der Waals surface area contributed by atoms with E-state index >= 15 is 0 Å². The second-order valence-corrected chi connectivity index (χ2v) is 13.0. The van der Waals surface area contributed by atoms with Crippen molar-refractivity contribution < 1.29 is 71.9 Å². The molecule has 8 heteroatoms. The van der Waals surface area contributed by atoms with E-state index in [0.29, 0.717) is 0 Å². The fourth-order valence-electron chi connectivity index (χ4n) is 0. The van der Waals surface area contributed by atoms with E-state index in [0.717, 1.165) is 0 Å². The van der Waals surface area contributed by atoms with Gasteiger partial charge in [0.2, 0.25) is 0 Å². The van der Waals surface area contributed by atoms with Crippen molar-refractivity contribution in [3.05, 3.63) is 0 Å². The van der Waals surface area contributed by atoms with E-state index in [-0.39, 0.29) is 41.2 Å². The maximum Gasteiger partial charge on any atom is 1.00 e. The van der Waals surface area contributed by atoms with Crippen LogP contribution in [0.1, 0.15) is 125 Å². The van der Waals surface area contributed by atoms with Crippen LogP contribution in [0.5, 0.6) is 0 Å². The Kier molecular flexibility index (Phi) is 38.2. The zero-order valence-corrected chi connectivity index (χ0v) is 27.3. The third-order valence-electron chi connectivity index (χ3n) is 0. The fourth-order valence-corrected chi connectivity index (χ4v) is 0. The Morgan fingerprint density at radius 3 is 0.344 bits per heavy atom. The SMILES string of the molecule is CC(C)(C)O.CC(C)(C)O.CC(C)(C)O.CC(C)(C)O.CC(C)(C)O.CC(C)(C)[O-].[Li+].[Nb]. The Hall–Kier alpha value is 1.10. The summed E-state index contributed by atoms with van der Waals surface area (Å²) in [5.74, 6) is 0. The van der Waals surface area contributed by atoms with Crippen molar-refractivity contribution in [2.75, 3.05) is 0 Å². The molecule has 0 aromatic heterocycles. The van der Waals surface area contributed by atoms with Crippen molar-refractivity contribution in [1.29, 1.82) is 0 Å². The molecule has 0 heterocycles. The first-order valence-corrected chi connectivity index (χ1v) is 10.3. The van der Waals surface area contributed by atoms with Crippen LogP contribution < -0.4 is 24.0 Å². The first kappa shape index (κ1) is 54.1. The van der Waals surface area contributed by atoms with E-state index in [1.165, 1.54) is 0 Å². The molecule has 5 N–H and O–H groups in total. The Morgan fingerprint density at radius 1 is 0.344 bits per heavy atom. The van der Waals surface area contributed by atoms with Gasteiger partial charge in [0, 0.05) is 22.4 Å². The summed E-state index contributed by atoms with van der Waals surface area (Å²) in [6.07, 6.45) is 0. The first-order chi connectivity index (χ1) is 12.0. The summed E-state index contributed by atoms with van der Waals surface area (Å²) in [7, 11) is 0. The fraction of sp³-hybridized carbons (Fsp3) is 1.00. The van der Waals surface area contributed by atoms with Crippen LogP contribution in [0.2, 0.25) is 0 Å². The molecule has 0 aliphatic rings. The molecule has 6 nitrogen and oxygen atoms in total. The Labute approximate surface area is 229 Å². The summed E-state index contributed by atoms with van der Waals surface area (Å²) >= 11 is 0. The summed E-state index contributed by atoms with van der Waals surface area (Å²) in [4.78, 5) is 0. The molecular formula is C24H59LiNbO6. The minimum Gasteiger partial charge on any atom is -0.850 e. The van der Waals surface area contributed by atoms with E-state index < -0.39 is 33.6 Å². The average molecular weight is 544 g/mol. The quantitative estimate of drug-likeness (QED) is 0.291. The van der Waals surface area contributed by atoms with Crippen LogP contribution in [0, 0.1) is 0 Å². The predicted octanol–water partition coefficient (Wildman–Crippen LogP) is 1.03. The molecule has 0 fully saturated rings. The maximum atomic E-state index is 10.1. The second-order valence-electron chi connectivity index (χ2n) is 13.0. The summed E-state index contributed by atoms with van der Waals surface area (Å²) in [5.41, 5.74) is -3.25. The number of aliphatic hydroxyl groups is 5. The van der Waals surface area contributed by atoms with Gasteiger partial charge < -0.3 is 30.6 Å². The first-order valence-electron chi connectivity index (χ1n) is 10.3. The third kappa shape index (κ3) is 23400. The summed E-state index contributed by atoms with van der Waals surface area (Å²) in [6.45, 7) is 31.0. The van der Waals surface area contributed by atoms with Gasteiger partial charge in [-0.15, -0.1) is 5.60 Å². The molecule has 0 aliphatic heterocycles. The zero-order valence-electron chi connectivity index (χ0n) is 25.1. The van der Waals surface area contributed by atoms with E-state index in [4.69, 9.17) is 25.5 Å². The molecule has 1 radical (unpaired) electrons. The molecular weight excluding hydrogens is 484 g/mol. The van der Waals surface area contributed by atoms with Crippen LogP contribution in [0.15, 0.2) is 0 Å². The molecule has 0 saturated heterocycles. The van der Waals surface area contributed by atoms with Crippen LogP contribution in [0.3, 0.4) is 0 Å². The molecule has 0 unspecified atom stereocenters. The molecule has 197 valence electrons.